The molecule has 140 valence electrons. The van der Waals surface area contributed by atoms with E-state index in [1.165, 1.54) is 0 Å². The molecular weight excluding hydrogens is 346 g/mol. The van der Waals surface area contributed by atoms with E-state index in [-0.39, 0.29) is 18.2 Å². The Bertz CT molecular complexity index is 980. The first-order valence-electron chi connectivity index (χ1n) is 8.57. The Hall–Kier alpha value is -3.35. The fourth-order valence-electron chi connectivity index (χ4n) is 3.14. The monoisotopic (exact) mass is 367 g/mol. The SMILES string of the molecule is CNC(=O)Cc1c(C)n(Cc2ccccc2)c2ccnc(OCC(=O)O)c12. The van der Waals surface area contributed by atoms with Gasteiger partial charge in [0, 0.05) is 25.5 Å². The Balaban J connectivity index is 2.14. The molecule has 0 fully saturated rings. The fraction of sp³-hybridized carbons (Fsp3) is 0.250. The van der Waals surface area contributed by atoms with Crippen LogP contribution >= 0.6 is 0 Å². The van der Waals surface area contributed by atoms with Gasteiger partial charge in [-0.3, -0.25) is 4.79 Å². The Morgan fingerprint density at radius 3 is 2.63 bits per heavy atom. The first-order valence-corrected chi connectivity index (χ1v) is 8.57. The number of nitrogens with one attached hydrogen (secondary N) is 1. The van der Waals surface area contributed by atoms with Gasteiger partial charge in [0.05, 0.1) is 17.3 Å². The van der Waals surface area contributed by atoms with E-state index < -0.39 is 12.6 Å². The van der Waals surface area contributed by atoms with Gasteiger partial charge in [0.15, 0.2) is 6.61 Å². The molecule has 2 aromatic heterocycles. The average molecular weight is 367 g/mol. The van der Waals surface area contributed by atoms with Crippen molar-refractivity contribution in [2.24, 2.45) is 0 Å². The maximum Gasteiger partial charge on any atom is 0.341 e. The van der Waals surface area contributed by atoms with E-state index in [0.29, 0.717) is 11.9 Å². The van der Waals surface area contributed by atoms with Crippen LogP contribution in [0, 0.1) is 6.92 Å². The zero-order valence-corrected chi connectivity index (χ0v) is 15.2. The fourth-order valence-corrected chi connectivity index (χ4v) is 3.14. The third kappa shape index (κ3) is 3.92. The van der Waals surface area contributed by atoms with E-state index >= 15 is 0 Å². The van der Waals surface area contributed by atoms with Crippen molar-refractivity contribution < 1.29 is 19.4 Å². The number of carboxylic acids is 1. The zero-order valence-electron chi connectivity index (χ0n) is 15.2. The Kier molecular flexibility index (Phi) is 5.40. The molecule has 2 N–H and O–H groups in total. The summed E-state index contributed by atoms with van der Waals surface area (Å²) in [7, 11) is 1.58. The Labute approximate surface area is 156 Å². The van der Waals surface area contributed by atoms with Gasteiger partial charge in [-0.05, 0) is 24.1 Å². The van der Waals surface area contributed by atoms with E-state index in [0.717, 1.165) is 22.3 Å². The molecule has 0 aliphatic rings. The van der Waals surface area contributed by atoms with Crippen LogP contribution in [0.3, 0.4) is 0 Å². The van der Waals surface area contributed by atoms with Gasteiger partial charge in [0.2, 0.25) is 11.8 Å². The van der Waals surface area contributed by atoms with Crippen molar-refractivity contribution >= 4 is 22.8 Å². The first kappa shape index (κ1) is 18.4. The van der Waals surface area contributed by atoms with Crippen LogP contribution in [0.1, 0.15) is 16.8 Å². The molecule has 0 saturated carbocycles. The number of aliphatic carboxylic acids is 1. The third-order valence-electron chi connectivity index (χ3n) is 4.46. The summed E-state index contributed by atoms with van der Waals surface area (Å²) < 4.78 is 7.49. The van der Waals surface area contributed by atoms with Crippen LogP contribution in [0.2, 0.25) is 0 Å². The highest BCUT2D eigenvalue weighted by Crippen LogP contribution is 2.33. The number of hydrogen-bond acceptors (Lipinski definition) is 4. The van der Waals surface area contributed by atoms with E-state index in [4.69, 9.17) is 9.84 Å². The van der Waals surface area contributed by atoms with Gasteiger partial charge in [-0.15, -0.1) is 0 Å². The highest BCUT2D eigenvalue weighted by Gasteiger charge is 2.21. The molecule has 0 radical (unpaired) electrons. The van der Waals surface area contributed by atoms with Gasteiger partial charge in [0.1, 0.15) is 0 Å². The quantitative estimate of drug-likeness (QED) is 0.667. The predicted octanol–water partition coefficient (Wildman–Crippen LogP) is 2.14. The molecule has 7 heteroatoms. The van der Waals surface area contributed by atoms with Gasteiger partial charge in [0.25, 0.3) is 0 Å². The minimum atomic E-state index is -1.08. The molecule has 3 rings (SSSR count). The summed E-state index contributed by atoms with van der Waals surface area (Å²) >= 11 is 0. The summed E-state index contributed by atoms with van der Waals surface area (Å²) in [6, 6.07) is 11.8. The van der Waals surface area contributed by atoms with Crippen LogP contribution in [0.4, 0.5) is 0 Å². The first-order chi connectivity index (χ1) is 13.0. The molecule has 0 aliphatic heterocycles. The molecule has 27 heavy (non-hydrogen) atoms. The van der Waals surface area contributed by atoms with E-state index in [1.54, 1.807) is 13.2 Å². The second-order valence-electron chi connectivity index (χ2n) is 6.18. The number of nitrogens with zero attached hydrogens (tertiary/aromatic N) is 2. The minimum Gasteiger partial charge on any atom is -0.479 e. The van der Waals surface area contributed by atoms with Gasteiger partial charge >= 0.3 is 5.97 Å². The minimum absolute atomic E-state index is 0.134. The largest absolute Gasteiger partial charge is 0.479 e. The predicted molar refractivity (Wildman–Crippen MR) is 101 cm³/mol. The zero-order chi connectivity index (χ0) is 19.4. The highest BCUT2D eigenvalue weighted by atomic mass is 16.5. The van der Waals surface area contributed by atoms with Crippen molar-refractivity contribution in [1.82, 2.24) is 14.9 Å². The summed E-state index contributed by atoms with van der Waals surface area (Å²) in [5, 5.41) is 12.2. The van der Waals surface area contributed by atoms with Gasteiger partial charge in [-0.25, -0.2) is 9.78 Å². The Morgan fingerprint density at radius 2 is 1.96 bits per heavy atom. The van der Waals surface area contributed by atoms with Crippen molar-refractivity contribution in [3.63, 3.8) is 0 Å². The number of carboxylic acid groups (broad SMARTS) is 1. The number of carbonyl (C=O) groups excluding carboxylic acids is 1. The lowest BCUT2D eigenvalue weighted by Crippen LogP contribution is -2.20. The van der Waals surface area contributed by atoms with Crippen molar-refractivity contribution in [3.8, 4) is 5.88 Å². The summed E-state index contributed by atoms with van der Waals surface area (Å²) in [4.78, 5) is 27.2. The van der Waals surface area contributed by atoms with E-state index in [9.17, 15) is 9.59 Å². The number of ether oxygens (including phenoxy) is 1. The maximum absolute atomic E-state index is 12.0. The number of hydrogen-bond donors (Lipinski definition) is 2. The number of fused-ring (bicyclic) bond motifs is 1. The number of rotatable bonds is 7. The third-order valence-corrected chi connectivity index (χ3v) is 4.46. The molecule has 0 atom stereocenters. The summed E-state index contributed by atoms with van der Waals surface area (Å²) in [6.45, 7) is 2.08. The van der Waals surface area contributed by atoms with Crippen LogP contribution in [-0.2, 0) is 22.6 Å². The van der Waals surface area contributed by atoms with Gasteiger partial charge in [-0.1, -0.05) is 30.3 Å². The number of aromatic nitrogens is 2. The lowest BCUT2D eigenvalue weighted by Gasteiger charge is -2.09. The number of amides is 1. The van der Waals surface area contributed by atoms with Crippen LogP contribution in [0.25, 0.3) is 10.9 Å². The lowest BCUT2D eigenvalue weighted by molar-refractivity contribution is -0.139. The highest BCUT2D eigenvalue weighted by molar-refractivity contribution is 5.94. The van der Waals surface area contributed by atoms with Gasteiger partial charge in [-0.2, -0.15) is 0 Å². The summed E-state index contributed by atoms with van der Waals surface area (Å²) in [6.07, 6.45) is 1.75. The molecule has 0 unspecified atom stereocenters. The molecule has 0 bridgehead atoms. The number of carbonyl (C=O) groups is 2. The molecule has 0 aliphatic carbocycles. The molecule has 2 heterocycles. The maximum atomic E-state index is 12.0. The van der Waals surface area contributed by atoms with Crippen molar-refractivity contribution in [3.05, 3.63) is 59.4 Å². The molecular formula is C20H21N3O4. The van der Waals surface area contributed by atoms with Crippen LogP contribution in [-0.4, -0.2) is 40.2 Å². The van der Waals surface area contributed by atoms with Crippen LogP contribution in [0.5, 0.6) is 5.88 Å². The van der Waals surface area contributed by atoms with Crippen molar-refractivity contribution in [2.45, 2.75) is 19.9 Å². The standard InChI is InChI=1S/C20H21N3O4/c1-13-15(10-17(24)21-2)19-16(8-9-22-20(19)27-12-18(25)26)23(13)11-14-6-4-3-5-7-14/h3-9H,10-12H2,1-2H3,(H,21,24)(H,25,26). The second kappa shape index (κ2) is 7.90. The normalized spacial score (nSPS) is 10.7. The smallest absolute Gasteiger partial charge is 0.341 e. The van der Waals surface area contributed by atoms with E-state index in [2.05, 4.69) is 14.9 Å². The molecule has 0 saturated heterocycles. The lowest BCUT2D eigenvalue weighted by atomic mass is 10.1. The number of benzene rings is 1. The molecule has 7 nitrogen and oxygen atoms in total. The summed E-state index contributed by atoms with van der Waals surface area (Å²) in [5.74, 6) is -0.990. The van der Waals surface area contributed by atoms with Gasteiger partial charge < -0.3 is 19.7 Å². The van der Waals surface area contributed by atoms with Crippen molar-refractivity contribution in [1.29, 1.82) is 0 Å². The number of pyridine rings is 1. The second-order valence-corrected chi connectivity index (χ2v) is 6.18. The van der Waals surface area contributed by atoms with Crippen LogP contribution < -0.4 is 10.1 Å². The van der Waals surface area contributed by atoms with Crippen LogP contribution in [0.15, 0.2) is 42.6 Å². The van der Waals surface area contributed by atoms with Crippen molar-refractivity contribution in [2.75, 3.05) is 13.7 Å². The van der Waals surface area contributed by atoms with E-state index in [1.807, 2.05) is 43.3 Å². The summed E-state index contributed by atoms with van der Waals surface area (Å²) in [5.41, 5.74) is 3.68. The molecule has 1 aromatic carbocycles. The molecule has 1 amide bonds. The molecule has 0 spiro atoms. The average Bonchev–Trinajstić information content (AvgIpc) is 2.93. The topological polar surface area (TPSA) is 93.5 Å². The Morgan fingerprint density at radius 1 is 1.22 bits per heavy atom. The number of likely N-dealkylation sites (N-methyl/N-ethyl adjacent to an activating group) is 1. The molecule has 3 aromatic rings.